The fourth-order valence-electron chi connectivity index (χ4n) is 2.96. The molecule has 2 heterocycles. The van der Waals surface area contributed by atoms with Crippen LogP contribution in [0, 0.1) is 0 Å². The number of urea groups is 1. The second kappa shape index (κ2) is 5.92. The summed E-state index contributed by atoms with van der Waals surface area (Å²) in [5, 5.41) is 0.784. The lowest BCUT2D eigenvalue weighted by Crippen LogP contribution is -2.52. The van der Waals surface area contributed by atoms with Gasteiger partial charge in [0, 0.05) is 39.3 Å². The number of anilines is 1. The molecule has 2 amide bonds. The fourth-order valence-corrected chi connectivity index (χ4v) is 3.21. The van der Waals surface area contributed by atoms with Crippen molar-refractivity contribution in [2.24, 2.45) is 0 Å². The third-order valence-electron chi connectivity index (χ3n) is 4.12. The van der Waals surface area contributed by atoms with Crippen LogP contribution in [0.4, 0.5) is 10.5 Å². The highest BCUT2D eigenvalue weighted by Gasteiger charge is 2.27. The van der Waals surface area contributed by atoms with Crippen molar-refractivity contribution in [1.82, 2.24) is 9.80 Å². The van der Waals surface area contributed by atoms with Crippen LogP contribution in [0.5, 0.6) is 0 Å². The van der Waals surface area contributed by atoms with Gasteiger partial charge in [0.15, 0.2) is 0 Å². The van der Waals surface area contributed by atoms with Gasteiger partial charge in [0.2, 0.25) is 0 Å². The maximum absolute atomic E-state index is 12.3. The predicted octanol–water partition coefficient (Wildman–Crippen LogP) is 2.68. The molecule has 2 fully saturated rings. The molecule has 0 N–H and O–H groups in total. The first kappa shape index (κ1) is 13.6. The summed E-state index contributed by atoms with van der Waals surface area (Å²) in [7, 11) is 0. The van der Waals surface area contributed by atoms with E-state index < -0.39 is 0 Å². The van der Waals surface area contributed by atoms with Gasteiger partial charge in [-0.05, 0) is 25.0 Å². The Morgan fingerprint density at radius 2 is 1.50 bits per heavy atom. The van der Waals surface area contributed by atoms with Gasteiger partial charge in [-0.3, -0.25) is 0 Å². The van der Waals surface area contributed by atoms with Crippen LogP contribution >= 0.6 is 11.6 Å². The van der Waals surface area contributed by atoms with Gasteiger partial charge in [-0.2, -0.15) is 0 Å². The monoisotopic (exact) mass is 293 g/mol. The quantitative estimate of drug-likeness (QED) is 0.796. The predicted molar refractivity (Wildman–Crippen MR) is 81.4 cm³/mol. The molecule has 0 bridgehead atoms. The lowest BCUT2D eigenvalue weighted by atomic mass is 10.2. The van der Waals surface area contributed by atoms with Crippen LogP contribution in [0.25, 0.3) is 0 Å². The third kappa shape index (κ3) is 2.70. The van der Waals surface area contributed by atoms with E-state index in [0.29, 0.717) is 0 Å². The van der Waals surface area contributed by atoms with Gasteiger partial charge >= 0.3 is 6.03 Å². The minimum atomic E-state index is 0.210. The molecule has 108 valence electrons. The van der Waals surface area contributed by atoms with Gasteiger partial charge in [-0.1, -0.05) is 23.7 Å². The summed E-state index contributed by atoms with van der Waals surface area (Å²) in [6.07, 6.45) is 2.29. The molecule has 3 rings (SSSR count). The van der Waals surface area contributed by atoms with Crippen LogP contribution in [0.3, 0.4) is 0 Å². The third-order valence-corrected chi connectivity index (χ3v) is 4.44. The maximum Gasteiger partial charge on any atom is 0.320 e. The highest BCUT2D eigenvalue weighted by molar-refractivity contribution is 6.33. The highest BCUT2D eigenvalue weighted by atomic mass is 35.5. The van der Waals surface area contributed by atoms with Crippen LogP contribution in [0.1, 0.15) is 12.8 Å². The number of hydrogen-bond acceptors (Lipinski definition) is 2. The van der Waals surface area contributed by atoms with Crippen LogP contribution in [0.15, 0.2) is 24.3 Å². The van der Waals surface area contributed by atoms with Crippen LogP contribution in [0.2, 0.25) is 5.02 Å². The molecule has 1 aromatic carbocycles. The minimum Gasteiger partial charge on any atom is -0.367 e. The number of benzene rings is 1. The molecule has 0 saturated carbocycles. The molecular formula is C15H20ClN3O. The van der Waals surface area contributed by atoms with E-state index in [2.05, 4.69) is 4.90 Å². The molecule has 0 aliphatic carbocycles. The van der Waals surface area contributed by atoms with Crippen molar-refractivity contribution in [2.45, 2.75) is 12.8 Å². The van der Waals surface area contributed by atoms with E-state index in [-0.39, 0.29) is 6.03 Å². The lowest BCUT2D eigenvalue weighted by Gasteiger charge is -2.38. The Kier molecular flexibility index (Phi) is 4.01. The summed E-state index contributed by atoms with van der Waals surface area (Å²) in [5.41, 5.74) is 1.07. The van der Waals surface area contributed by atoms with Crippen molar-refractivity contribution >= 4 is 23.3 Å². The van der Waals surface area contributed by atoms with Crippen molar-refractivity contribution in [3.8, 4) is 0 Å². The van der Waals surface area contributed by atoms with Crippen molar-refractivity contribution in [3.05, 3.63) is 29.3 Å². The van der Waals surface area contributed by atoms with Gasteiger partial charge in [0.05, 0.1) is 10.7 Å². The normalized spacial score (nSPS) is 19.6. The van der Waals surface area contributed by atoms with Crippen LogP contribution in [-0.4, -0.2) is 55.1 Å². The molecular weight excluding hydrogens is 274 g/mol. The molecule has 2 aliphatic rings. The smallest absolute Gasteiger partial charge is 0.320 e. The Morgan fingerprint density at radius 1 is 0.900 bits per heavy atom. The number of amides is 2. The standard InChI is InChI=1S/C15H20ClN3O/c16-13-5-1-2-6-14(13)17-9-11-19(12-10-17)15(20)18-7-3-4-8-18/h1-2,5-6H,3-4,7-12H2. The fraction of sp³-hybridized carbons (Fsp3) is 0.533. The molecule has 0 radical (unpaired) electrons. The molecule has 5 heteroatoms. The zero-order valence-corrected chi connectivity index (χ0v) is 12.4. The topological polar surface area (TPSA) is 26.8 Å². The van der Waals surface area contributed by atoms with Crippen LogP contribution in [-0.2, 0) is 0 Å². The van der Waals surface area contributed by atoms with Crippen molar-refractivity contribution in [1.29, 1.82) is 0 Å². The SMILES string of the molecule is O=C(N1CCCC1)N1CCN(c2ccccc2Cl)CC1. The molecule has 0 spiro atoms. The first-order valence-corrected chi connectivity index (χ1v) is 7.67. The number of nitrogens with zero attached hydrogens (tertiary/aromatic N) is 3. The summed E-state index contributed by atoms with van der Waals surface area (Å²) in [6, 6.07) is 8.11. The van der Waals surface area contributed by atoms with Gasteiger partial charge < -0.3 is 14.7 Å². The summed E-state index contributed by atoms with van der Waals surface area (Å²) in [5.74, 6) is 0. The van der Waals surface area contributed by atoms with E-state index in [1.54, 1.807) is 0 Å². The summed E-state index contributed by atoms with van der Waals surface area (Å²) >= 11 is 6.23. The largest absolute Gasteiger partial charge is 0.367 e. The molecule has 2 saturated heterocycles. The highest BCUT2D eigenvalue weighted by Crippen LogP contribution is 2.26. The van der Waals surface area contributed by atoms with E-state index >= 15 is 0 Å². The van der Waals surface area contributed by atoms with Gasteiger partial charge in [-0.15, -0.1) is 0 Å². The average molecular weight is 294 g/mol. The van der Waals surface area contributed by atoms with Crippen molar-refractivity contribution < 1.29 is 4.79 Å². The number of rotatable bonds is 1. The van der Waals surface area contributed by atoms with E-state index in [9.17, 15) is 4.79 Å². The van der Waals surface area contributed by atoms with Gasteiger partial charge in [-0.25, -0.2) is 4.79 Å². The Balaban J connectivity index is 1.59. The van der Waals surface area contributed by atoms with E-state index in [1.165, 1.54) is 0 Å². The number of carbonyl (C=O) groups is 1. The number of para-hydroxylation sites is 1. The molecule has 0 atom stereocenters. The Bertz CT molecular complexity index is 480. The molecule has 1 aromatic rings. The van der Waals surface area contributed by atoms with E-state index in [1.807, 2.05) is 34.1 Å². The van der Waals surface area contributed by atoms with E-state index in [0.717, 1.165) is 62.8 Å². The van der Waals surface area contributed by atoms with Gasteiger partial charge in [0.25, 0.3) is 0 Å². The zero-order valence-electron chi connectivity index (χ0n) is 11.6. The van der Waals surface area contributed by atoms with Gasteiger partial charge in [0.1, 0.15) is 0 Å². The van der Waals surface area contributed by atoms with E-state index in [4.69, 9.17) is 11.6 Å². The Morgan fingerprint density at radius 3 is 2.15 bits per heavy atom. The Labute approximate surface area is 124 Å². The summed E-state index contributed by atoms with van der Waals surface area (Å²) in [6.45, 7) is 5.10. The van der Waals surface area contributed by atoms with Crippen molar-refractivity contribution in [2.75, 3.05) is 44.2 Å². The summed E-state index contributed by atoms with van der Waals surface area (Å²) in [4.78, 5) is 18.5. The maximum atomic E-state index is 12.3. The molecule has 0 unspecified atom stereocenters. The second-order valence-corrected chi connectivity index (χ2v) is 5.81. The number of halogens is 1. The van der Waals surface area contributed by atoms with Crippen LogP contribution < -0.4 is 4.90 Å². The van der Waals surface area contributed by atoms with Crippen molar-refractivity contribution in [3.63, 3.8) is 0 Å². The molecule has 4 nitrogen and oxygen atoms in total. The number of carbonyl (C=O) groups excluding carboxylic acids is 1. The molecule has 0 aromatic heterocycles. The first-order valence-electron chi connectivity index (χ1n) is 7.29. The second-order valence-electron chi connectivity index (χ2n) is 5.40. The Hall–Kier alpha value is -1.42. The number of piperazine rings is 1. The number of hydrogen-bond donors (Lipinski definition) is 0. The first-order chi connectivity index (χ1) is 9.75. The average Bonchev–Trinajstić information content (AvgIpc) is 3.01. The zero-order chi connectivity index (χ0) is 13.9. The molecule has 20 heavy (non-hydrogen) atoms. The molecule has 2 aliphatic heterocycles. The summed E-state index contributed by atoms with van der Waals surface area (Å²) < 4.78 is 0. The lowest BCUT2D eigenvalue weighted by molar-refractivity contribution is 0.159. The number of likely N-dealkylation sites (tertiary alicyclic amines) is 1. The minimum absolute atomic E-state index is 0.210.